The van der Waals surface area contributed by atoms with Crippen molar-refractivity contribution in [2.24, 2.45) is 0 Å². The van der Waals surface area contributed by atoms with Crippen molar-refractivity contribution in [3.05, 3.63) is 18.2 Å². The van der Waals surface area contributed by atoms with Crippen molar-refractivity contribution in [2.45, 2.75) is 64.0 Å². The molecule has 8 heteroatoms. The van der Waals surface area contributed by atoms with Gasteiger partial charge in [0.1, 0.15) is 19.3 Å². The van der Waals surface area contributed by atoms with E-state index in [0.717, 1.165) is 36.2 Å². The van der Waals surface area contributed by atoms with Crippen molar-refractivity contribution in [3.63, 3.8) is 0 Å². The Kier molecular flexibility index (Phi) is 6.69. The van der Waals surface area contributed by atoms with Crippen LogP contribution in [0.5, 0.6) is 11.5 Å². The average Bonchev–Trinajstić information content (AvgIpc) is 2.62. The van der Waals surface area contributed by atoms with Gasteiger partial charge in [0.25, 0.3) is 0 Å². The molecule has 1 atom stereocenters. The highest BCUT2D eigenvalue weighted by atomic mass is 32.2. The van der Waals surface area contributed by atoms with Gasteiger partial charge < -0.3 is 14.8 Å². The molecule has 0 unspecified atom stereocenters. The third-order valence-electron chi connectivity index (χ3n) is 5.32. The number of rotatable bonds is 5. The largest absolute Gasteiger partial charge is 0.486 e. The first-order valence-electron chi connectivity index (χ1n) is 10.1. The number of fused-ring (bicyclic) bond motifs is 1. The van der Waals surface area contributed by atoms with Gasteiger partial charge in [-0.05, 0) is 31.9 Å². The Balaban J connectivity index is 1.78. The van der Waals surface area contributed by atoms with E-state index in [4.69, 9.17) is 9.47 Å². The molecule has 7 nitrogen and oxygen atoms in total. The summed E-state index contributed by atoms with van der Waals surface area (Å²) in [7, 11) is -3.67. The van der Waals surface area contributed by atoms with Gasteiger partial charge in [-0.2, -0.15) is 0 Å². The molecular weight excluding hydrogens is 380 g/mol. The van der Waals surface area contributed by atoms with Crippen LogP contribution in [0.1, 0.15) is 51.9 Å². The van der Waals surface area contributed by atoms with E-state index in [1.54, 1.807) is 25.1 Å². The lowest BCUT2D eigenvalue weighted by Gasteiger charge is -2.31. The maximum atomic E-state index is 12.9. The van der Waals surface area contributed by atoms with Crippen LogP contribution in [0.15, 0.2) is 18.2 Å². The minimum absolute atomic E-state index is 0.108. The Labute approximate surface area is 167 Å². The Hall–Kier alpha value is -1.96. The van der Waals surface area contributed by atoms with Gasteiger partial charge in [0.15, 0.2) is 11.5 Å². The molecule has 1 aliphatic carbocycles. The van der Waals surface area contributed by atoms with Crippen molar-refractivity contribution in [3.8, 4) is 11.5 Å². The molecule has 1 amide bonds. The van der Waals surface area contributed by atoms with Gasteiger partial charge in [0.05, 0.1) is 11.9 Å². The first-order valence-corrected chi connectivity index (χ1v) is 11.9. The van der Waals surface area contributed by atoms with Crippen molar-refractivity contribution in [1.29, 1.82) is 0 Å². The highest BCUT2D eigenvalue weighted by Gasteiger charge is 2.31. The number of benzene rings is 1. The van der Waals surface area contributed by atoms with Gasteiger partial charge in [-0.15, -0.1) is 0 Å². The molecule has 28 heavy (non-hydrogen) atoms. The number of sulfonamides is 1. The molecule has 0 bridgehead atoms. The maximum absolute atomic E-state index is 12.9. The number of carbonyl (C=O) groups excluding carboxylic acids is 1. The van der Waals surface area contributed by atoms with Crippen LogP contribution in [0.2, 0.25) is 0 Å². The highest BCUT2D eigenvalue weighted by Crippen LogP contribution is 2.35. The third kappa shape index (κ3) is 5.10. The number of hydrogen-bond donors (Lipinski definition) is 1. The molecule has 1 aromatic rings. The standard InChI is InChI=1S/C20H30N2O5S/c1-15(20(23)21-16-8-6-4-3-5-7-9-16)22(28(2,24)25)17-10-11-18-19(14-17)27-13-12-26-18/h10-11,14-16H,3-9,12-13H2,1-2H3,(H,21,23)/t15-/m0/s1. The topological polar surface area (TPSA) is 84.9 Å². The van der Waals surface area contributed by atoms with E-state index in [0.29, 0.717) is 30.4 Å². The van der Waals surface area contributed by atoms with Crippen LogP contribution in [0.4, 0.5) is 5.69 Å². The predicted octanol–water partition coefficient (Wildman–Crippen LogP) is 2.84. The first kappa shape index (κ1) is 20.8. The second-order valence-corrected chi connectivity index (χ2v) is 9.47. The molecule has 0 radical (unpaired) electrons. The van der Waals surface area contributed by atoms with Crippen LogP contribution in [-0.4, -0.2) is 45.9 Å². The molecule has 1 heterocycles. The molecule has 1 aliphatic heterocycles. The van der Waals surface area contributed by atoms with Crippen molar-refractivity contribution >= 4 is 21.6 Å². The summed E-state index contributed by atoms with van der Waals surface area (Å²) in [5.41, 5.74) is 0.395. The number of anilines is 1. The summed E-state index contributed by atoms with van der Waals surface area (Å²) in [6.45, 7) is 2.49. The van der Waals surface area contributed by atoms with Gasteiger partial charge in [-0.3, -0.25) is 9.10 Å². The fraction of sp³-hybridized carbons (Fsp3) is 0.650. The third-order valence-corrected chi connectivity index (χ3v) is 6.56. The van der Waals surface area contributed by atoms with Gasteiger partial charge in [-0.25, -0.2) is 8.42 Å². The van der Waals surface area contributed by atoms with E-state index in [2.05, 4.69) is 5.32 Å². The zero-order valence-electron chi connectivity index (χ0n) is 16.6. The smallest absolute Gasteiger partial charge is 0.243 e. The number of amides is 1. The molecule has 1 fully saturated rings. The van der Waals surface area contributed by atoms with E-state index in [-0.39, 0.29) is 11.9 Å². The van der Waals surface area contributed by atoms with Crippen molar-refractivity contribution in [2.75, 3.05) is 23.8 Å². The fourth-order valence-corrected chi connectivity index (χ4v) is 5.07. The monoisotopic (exact) mass is 410 g/mol. The first-order chi connectivity index (χ1) is 13.4. The van der Waals surface area contributed by atoms with E-state index >= 15 is 0 Å². The van der Waals surface area contributed by atoms with Crippen molar-refractivity contribution < 1.29 is 22.7 Å². The SMILES string of the molecule is C[C@@H](C(=O)NC1CCCCCCC1)N(c1ccc2c(c1)OCCO2)S(C)(=O)=O. The summed E-state index contributed by atoms with van der Waals surface area (Å²) in [4.78, 5) is 12.9. The molecule has 0 saturated heterocycles. The van der Waals surface area contributed by atoms with Crippen LogP contribution in [0.3, 0.4) is 0 Å². The Morgan fingerprint density at radius 1 is 1.07 bits per heavy atom. The highest BCUT2D eigenvalue weighted by molar-refractivity contribution is 7.92. The number of carbonyl (C=O) groups is 1. The molecular formula is C20H30N2O5S. The lowest BCUT2D eigenvalue weighted by Crippen LogP contribution is -2.50. The molecule has 0 spiro atoms. The van der Waals surface area contributed by atoms with E-state index in [9.17, 15) is 13.2 Å². The quantitative estimate of drug-likeness (QED) is 0.807. The van der Waals surface area contributed by atoms with Crippen LogP contribution in [0.25, 0.3) is 0 Å². The van der Waals surface area contributed by atoms with Crippen LogP contribution < -0.4 is 19.1 Å². The molecule has 156 valence electrons. The summed E-state index contributed by atoms with van der Waals surface area (Å²) in [6, 6.07) is 4.20. The van der Waals surface area contributed by atoms with Gasteiger partial charge in [0.2, 0.25) is 15.9 Å². The van der Waals surface area contributed by atoms with Gasteiger partial charge in [-0.1, -0.05) is 32.1 Å². The number of ether oxygens (including phenoxy) is 2. The Morgan fingerprint density at radius 2 is 1.68 bits per heavy atom. The molecule has 1 aromatic carbocycles. The van der Waals surface area contributed by atoms with E-state index in [1.165, 1.54) is 19.3 Å². The average molecular weight is 411 g/mol. The predicted molar refractivity (Wildman–Crippen MR) is 108 cm³/mol. The number of nitrogens with one attached hydrogen (secondary N) is 1. The summed E-state index contributed by atoms with van der Waals surface area (Å²) in [5, 5.41) is 3.07. The van der Waals surface area contributed by atoms with Gasteiger partial charge >= 0.3 is 0 Å². The minimum Gasteiger partial charge on any atom is -0.486 e. The second kappa shape index (κ2) is 9.03. The zero-order chi connectivity index (χ0) is 20.1. The summed E-state index contributed by atoms with van der Waals surface area (Å²) in [6.07, 6.45) is 8.83. The lowest BCUT2D eigenvalue weighted by atomic mass is 9.96. The van der Waals surface area contributed by atoms with E-state index in [1.807, 2.05) is 0 Å². The van der Waals surface area contributed by atoms with E-state index < -0.39 is 16.1 Å². The Bertz CT molecular complexity index is 788. The molecule has 2 aliphatic rings. The number of hydrogen-bond acceptors (Lipinski definition) is 5. The Morgan fingerprint density at radius 3 is 2.32 bits per heavy atom. The fourth-order valence-electron chi connectivity index (χ4n) is 3.90. The normalized spacial score (nSPS) is 19.2. The summed E-state index contributed by atoms with van der Waals surface area (Å²) >= 11 is 0. The number of nitrogens with zero attached hydrogens (tertiary/aromatic N) is 1. The molecule has 0 aromatic heterocycles. The summed E-state index contributed by atoms with van der Waals surface area (Å²) < 4.78 is 37.3. The molecule has 3 rings (SSSR count). The summed E-state index contributed by atoms with van der Waals surface area (Å²) in [5.74, 6) is 0.797. The van der Waals surface area contributed by atoms with Gasteiger partial charge in [0, 0.05) is 12.1 Å². The van der Waals surface area contributed by atoms with Crippen LogP contribution in [-0.2, 0) is 14.8 Å². The van der Waals surface area contributed by atoms with Crippen LogP contribution >= 0.6 is 0 Å². The lowest BCUT2D eigenvalue weighted by molar-refractivity contribution is -0.122. The van der Waals surface area contributed by atoms with Crippen molar-refractivity contribution in [1.82, 2.24) is 5.32 Å². The zero-order valence-corrected chi connectivity index (χ0v) is 17.5. The minimum atomic E-state index is -3.67. The molecule has 1 saturated carbocycles. The second-order valence-electron chi connectivity index (χ2n) is 7.61. The maximum Gasteiger partial charge on any atom is 0.243 e. The van der Waals surface area contributed by atoms with Crippen LogP contribution in [0, 0.1) is 0 Å². The molecule has 1 N–H and O–H groups in total.